The van der Waals surface area contributed by atoms with Crippen LogP contribution in [0.15, 0.2) is 42.6 Å². The van der Waals surface area contributed by atoms with Gasteiger partial charge in [0.05, 0.1) is 19.8 Å². The van der Waals surface area contributed by atoms with Gasteiger partial charge in [-0.05, 0) is 31.2 Å². The maximum absolute atomic E-state index is 12.8. The van der Waals surface area contributed by atoms with E-state index in [2.05, 4.69) is 22.4 Å². The van der Waals surface area contributed by atoms with E-state index in [-0.39, 0.29) is 35.8 Å². The van der Waals surface area contributed by atoms with Crippen molar-refractivity contribution in [3.63, 3.8) is 0 Å². The molecular weight excluding hydrogens is 468 g/mol. The molecule has 196 valence electrons. The van der Waals surface area contributed by atoms with Crippen LogP contribution in [0.25, 0.3) is 0 Å². The molecule has 0 radical (unpaired) electrons. The number of amides is 1. The number of nitrogens with zero attached hydrogens (tertiary/aromatic N) is 1. The van der Waals surface area contributed by atoms with Crippen molar-refractivity contribution in [3.05, 3.63) is 53.9 Å². The van der Waals surface area contributed by atoms with Crippen LogP contribution in [0.2, 0.25) is 0 Å². The summed E-state index contributed by atoms with van der Waals surface area (Å²) in [6.45, 7) is 3.19. The average Bonchev–Trinajstić information content (AvgIpc) is 2.89. The molecule has 0 aliphatic carbocycles. The van der Waals surface area contributed by atoms with E-state index >= 15 is 0 Å². The van der Waals surface area contributed by atoms with Crippen LogP contribution in [0.1, 0.15) is 36.3 Å². The molecule has 2 aromatic rings. The van der Waals surface area contributed by atoms with Gasteiger partial charge in [-0.1, -0.05) is 30.3 Å². The van der Waals surface area contributed by atoms with Gasteiger partial charge in [0.15, 0.2) is 17.2 Å². The summed E-state index contributed by atoms with van der Waals surface area (Å²) >= 11 is 0. The summed E-state index contributed by atoms with van der Waals surface area (Å²) in [7, 11) is 3.07. The fraction of sp³-hybridized carbons (Fsp3) is 0.462. The third-order valence-corrected chi connectivity index (χ3v) is 5.56. The van der Waals surface area contributed by atoms with Crippen molar-refractivity contribution in [2.45, 2.75) is 38.8 Å². The Kier molecular flexibility index (Phi) is 12.4. The average molecular weight is 503 g/mol. The fourth-order valence-corrected chi connectivity index (χ4v) is 3.47. The van der Waals surface area contributed by atoms with Gasteiger partial charge in [-0.2, -0.15) is 0 Å². The molecule has 0 bridgehead atoms. The number of hydrogen-bond acceptors (Lipinski definition) is 9. The number of hydrogen-bond donors (Lipinski definition) is 1. The normalized spacial score (nSPS) is 13.2. The maximum Gasteiger partial charge on any atom is 0.305 e. The molecule has 1 aromatic heterocycles. The van der Waals surface area contributed by atoms with Crippen LogP contribution in [0.4, 0.5) is 0 Å². The number of esters is 1. The highest BCUT2D eigenvalue weighted by Gasteiger charge is 2.23. The summed E-state index contributed by atoms with van der Waals surface area (Å²) in [6, 6.07) is 10.7. The van der Waals surface area contributed by atoms with Crippen LogP contribution in [0.5, 0.6) is 11.5 Å². The van der Waals surface area contributed by atoms with Crippen LogP contribution >= 0.6 is 0 Å². The molecule has 1 heterocycles. The van der Waals surface area contributed by atoms with E-state index in [1.165, 1.54) is 31.9 Å². The van der Waals surface area contributed by atoms with Gasteiger partial charge in [0.25, 0.3) is 5.91 Å². The summed E-state index contributed by atoms with van der Waals surface area (Å²) in [5.41, 5.74) is 1.09. The molecule has 0 saturated carbocycles. The number of nitrogens with one attached hydrogen (secondary N) is 1. The molecule has 0 saturated heterocycles. The predicted octanol–water partition coefficient (Wildman–Crippen LogP) is 2.59. The second kappa shape index (κ2) is 15.5. The van der Waals surface area contributed by atoms with Crippen LogP contribution < -0.4 is 14.8 Å². The number of aromatic nitrogens is 1. The molecule has 1 aromatic carbocycles. The molecule has 1 unspecified atom stereocenters. The van der Waals surface area contributed by atoms with E-state index in [1.807, 2.05) is 25.1 Å². The second-order valence-corrected chi connectivity index (χ2v) is 8.06. The monoisotopic (exact) mass is 502 g/mol. The number of carbonyl (C=O) groups is 3. The highest BCUT2D eigenvalue weighted by Crippen LogP contribution is 2.29. The predicted molar refractivity (Wildman–Crippen MR) is 131 cm³/mol. The molecule has 2 rings (SSSR count). The molecule has 0 spiro atoms. The van der Waals surface area contributed by atoms with Gasteiger partial charge in [-0.3, -0.25) is 9.59 Å². The van der Waals surface area contributed by atoms with E-state index in [1.54, 1.807) is 7.11 Å². The molecule has 0 aliphatic rings. The summed E-state index contributed by atoms with van der Waals surface area (Å²) in [4.78, 5) is 39.5. The van der Waals surface area contributed by atoms with E-state index in [4.69, 9.17) is 23.7 Å². The Bertz CT molecular complexity index is 970. The van der Waals surface area contributed by atoms with E-state index in [0.717, 1.165) is 12.8 Å². The Labute approximate surface area is 211 Å². The fourth-order valence-electron chi connectivity index (χ4n) is 3.47. The van der Waals surface area contributed by atoms with Crippen molar-refractivity contribution in [1.29, 1.82) is 0 Å². The summed E-state index contributed by atoms with van der Waals surface area (Å²) in [6.07, 6.45) is 3.54. The molecule has 1 amide bonds. The van der Waals surface area contributed by atoms with Gasteiger partial charge in [0.2, 0.25) is 6.79 Å². The first-order valence-corrected chi connectivity index (χ1v) is 11.6. The van der Waals surface area contributed by atoms with Gasteiger partial charge in [0.1, 0.15) is 12.3 Å². The number of aldehydes is 1. The number of methoxy groups -OCH3 is 2. The van der Waals surface area contributed by atoms with Crippen molar-refractivity contribution in [1.82, 2.24) is 10.3 Å². The van der Waals surface area contributed by atoms with Crippen LogP contribution in [-0.4, -0.2) is 69.5 Å². The quantitative estimate of drug-likeness (QED) is 0.160. The number of pyridine rings is 1. The van der Waals surface area contributed by atoms with E-state index in [9.17, 15) is 14.4 Å². The minimum Gasteiger partial charge on any atom is -0.493 e. The summed E-state index contributed by atoms with van der Waals surface area (Å²) in [5.74, 6) is -0.783. The Morgan fingerprint density at radius 1 is 1.14 bits per heavy atom. The SMILES string of the molecule is COc1ccnc(C(=O)N[C@H](C=O)COCC[C@@H](Cc2ccccc2)C(C)OC)c1OCOC(C)=O. The van der Waals surface area contributed by atoms with Crippen molar-refractivity contribution in [3.8, 4) is 11.5 Å². The molecule has 36 heavy (non-hydrogen) atoms. The van der Waals surface area contributed by atoms with Crippen LogP contribution in [0.3, 0.4) is 0 Å². The Balaban J connectivity index is 1.93. The first-order chi connectivity index (χ1) is 17.4. The van der Waals surface area contributed by atoms with Crippen molar-refractivity contribution < 1.29 is 38.1 Å². The standard InChI is InChI=1S/C26H34N2O8/c1-18(32-3)21(14-20-8-6-5-7-9-20)11-13-34-16-22(15-29)28-26(31)24-25(36-17-35-19(2)30)23(33-4)10-12-27-24/h5-10,12,15,18,21-22H,11,13-14,16-17H2,1-4H3,(H,28,31)/t18?,21-,22+/m0/s1. The molecule has 0 fully saturated rings. The second-order valence-electron chi connectivity index (χ2n) is 8.06. The minimum atomic E-state index is -0.903. The minimum absolute atomic E-state index is 0.0116. The maximum atomic E-state index is 12.8. The Morgan fingerprint density at radius 3 is 2.53 bits per heavy atom. The first-order valence-electron chi connectivity index (χ1n) is 11.6. The lowest BCUT2D eigenvalue weighted by atomic mass is 9.92. The molecule has 10 heteroatoms. The van der Waals surface area contributed by atoms with Gasteiger partial charge < -0.3 is 33.8 Å². The largest absolute Gasteiger partial charge is 0.493 e. The molecule has 3 atom stereocenters. The third-order valence-electron chi connectivity index (χ3n) is 5.56. The number of carbonyl (C=O) groups excluding carboxylic acids is 3. The highest BCUT2D eigenvalue weighted by atomic mass is 16.7. The van der Waals surface area contributed by atoms with Gasteiger partial charge in [0, 0.05) is 32.9 Å². The van der Waals surface area contributed by atoms with Crippen molar-refractivity contribution >= 4 is 18.2 Å². The summed E-state index contributed by atoms with van der Waals surface area (Å²) < 4.78 is 26.6. The third kappa shape index (κ3) is 9.27. The molecule has 0 aliphatic heterocycles. The Hall–Kier alpha value is -3.50. The molecule has 10 nitrogen and oxygen atoms in total. The lowest BCUT2D eigenvalue weighted by Gasteiger charge is -2.23. The lowest BCUT2D eigenvalue weighted by Crippen LogP contribution is -2.40. The van der Waals surface area contributed by atoms with Crippen LogP contribution in [-0.2, 0) is 30.2 Å². The number of benzene rings is 1. The number of rotatable bonds is 16. The number of ether oxygens (including phenoxy) is 5. The molecular formula is C26H34N2O8. The zero-order valence-electron chi connectivity index (χ0n) is 21.1. The van der Waals surface area contributed by atoms with Gasteiger partial charge in [-0.25, -0.2) is 4.98 Å². The smallest absolute Gasteiger partial charge is 0.305 e. The zero-order valence-corrected chi connectivity index (χ0v) is 21.1. The van der Waals surface area contributed by atoms with E-state index < -0.39 is 24.7 Å². The topological polar surface area (TPSA) is 122 Å². The van der Waals surface area contributed by atoms with Gasteiger partial charge in [-0.15, -0.1) is 0 Å². The van der Waals surface area contributed by atoms with Crippen LogP contribution in [0, 0.1) is 5.92 Å². The van der Waals surface area contributed by atoms with Crippen molar-refractivity contribution in [2.24, 2.45) is 5.92 Å². The molecule has 1 N–H and O–H groups in total. The first kappa shape index (κ1) is 28.7. The zero-order chi connectivity index (χ0) is 26.3. The van der Waals surface area contributed by atoms with Crippen molar-refractivity contribution in [2.75, 3.05) is 34.2 Å². The van der Waals surface area contributed by atoms with E-state index in [0.29, 0.717) is 12.9 Å². The lowest BCUT2D eigenvalue weighted by molar-refractivity contribution is -0.147. The highest BCUT2D eigenvalue weighted by molar-refractivity contribution is 5.97. The Morgan fingerprint density at radius 2 is 1.89 bits per heavy atom. The summed E-state index contributed by atoms with van der Waals surface area (Å²) in [5, 5.41) is 2.57. The van der Waals surface area contributed by atoms with Gasteiger partial charge >= 0.3 is 5.97 Å².